The highest BCUT2D eigenvalue weighted by molar-refractivity contribution is 14.0. The largest absolute Gasteiger partial charge is 0.379 e. The first-order chi connectivity index (χ1) is 12.7. The number of ether oxygens (including phenoxy) is 1. The third kappa shape index (κ3) is 8.12. The minimum Gasteiger partial charge on any atom is -0.379 e. The predicted octanol–water partition coefficient (Wildman–Crippen LogP) is 3.27. The van der Waals surface area contributed by atoms with Gasteiger partial charge in [0.15, 0.2) is 5.96 Å². The van der Waals surface area contributed by atoms with Gasteiger partial charge >= 0.3 is 0 Å². The lowest BCUT2D eigenvalue weighted by Gasteiger charge is -2.39. The van der Waals surface area contributed by atoms with E-state index in [4.69, 9.17) is 14.7 Å². The van der Waals surface area contributed by atoms with Crippen molar-refractivity contribution in [1.82, 2.24) is 20.5 Å². The van der Waals surface area contributed by atoms with Gasteiger partial charge in [-0.3, -0.25) is 9.89 Å². The number of nitrogens with one attached hydrogen (secondary N) is 2. The Balaban J connectivity index is 0.00000392. The molecule has 28 heavy (non-hydrogen) atoms. The molecule has 0 amide bonds. The summed E-state index contributed by atoms with van der Waals surface area (Å²) in [5.41, 5.74) is 1.32. The summed E-state index contributed by atoms with van der Waals surface area (Å²) in [6.45, 7) is 19.3. The fourth-order valence-electron chi connectivity index (χ4n) is 2.94. The molecule has 0 bridgehead atoms. The minimum atomic E-state index is 0. The molecule has 1 aliphatic heterocycles. The van der Waals surface area contributed by atoms with Gasteiger partial charge in [0.05, 0.1) is 30.5 Å². The van der Waals surface area contributed by atoms with Crippen LogP contribution in [0.15, 0.2) is 10.4 Å². The molecule has 0 spiro atoms. The number of nitrogens with zero attached hydrogens (tertiary/aromatic N) is 3. The van der Waals surface area contributed by atoms with Gasteiger partial charge < -0.3 is 15.4 Å². The number of guanidine groups is 1. The van der Waals surface area contributed by atoms with Gasteiger partial charge in [0.25, 0.3) is 0 Å². The molecule has 0 aromatic carbocycles. The zero-order valence-corrected chi connectivity index (χ0v) is 21.4. The highest BCUT2D eigenvalue weighted by atomic mass is 127. The van der Waals surface area contributed by atoms with Crippen molar-refractivity contribution in [2.24, 2.45) is 4.99 Å². The molecule has 6 nitrogen and oxygen atoms in total. The third-order valence-corrected chi connectivity index (χ3v) is 5.70. The van der Waals surface area contributed by atoms with Gasteiger partial charge in [0.1, 0.15) is 0 Å². The second-order valence-corrected chi connectivity index (χ2v) is 9.60. The van der Waals surface area contributed by atoms with Crippen molar-refractivity contribution >= 4 is 41.3 Å². The lowest BCUT2D eigenvalue weighted by molar-refractivity contribution is -0.00683. The highest BCUT2D eigenvalue weighted by Gasteiger charge is 2.28. The smallest absolute Gasteiger partial charge is 0.191 e. The molecular formula is C20H38IN5OS. The van der Waals surface area contributed by atoms with Gasteiger partial charge in [-0.05, 0) is 20.8 Å². The van der Waals surface area contributed by atoms with Crippen molar-refractivity contribution in [1.29, 1.82) is 0 Å². The first-order valence-corrected chi connectivity index (χ1v) is 10.9. The molecule has 1 aromatic rings. The van der Waals surface area contributed by atoms with Crippen molar-refractivity contribution in [2.45, 2.75) is 58.9 Å². The van der Waals surface area contributed by atoms with E-state index in [0.29, 0.717) is 0 Å². The molecule has 1 saturated heterocycles. The molecule has 2 heterocycles. The summed E-state index contributed by atoms with van der Waals surface area (Å²) in [5, 5.41) is 10.2. The second kappa shape index (κ2) is 11.7. The number of thiazole rings is 1. The van der Waals surface area contributed by atoms with Crippen LogP contribution in [0.3, 0.4) is 0 Å². The van der Waals surface area contributed by atoms with Crippen molar-refractivity contribution < 1.29 is 4.74 Å². The van der Waals surface area contributed by atoms with E-state index in [-0.39, 0.29) is 34.9 Å². The molecule has 2 rings (SSSR count). The highest BCUT2D eigenvalue weighted by Crippen LogP contribution is 2.23. The molecule has 1 aliphatic rings. The molecule has 1 fully saturated rings. The summed E-state index contributed by atoms with van der Waals surface area (Å²) >= 11 is 1.75. The summed E-state index contributed by atoms with van der Waals surface area (Å²) in [7, 11) is 0. The number of aromatic nitrogens is 1. The monoisotopic (exact) mass is 523 g/mol. The zero-order chi connectivity index (χ0) is 19.9. The van der Waals surface area contributed by atoms with Gasteiger partial charge in [-0.1, -0.05) is 20.8 Å². The van der Waals surface area contributed by atoms with E-state index in [1.54, 1.807) is 11.3 Å². The van der Waals surface area contributed by atoms with Crippen molar-refractivity contribution in [3.8, 4) is 0 Å². The van der Waals surface area contributed by atoms with E-state index in [9.17, 15) is 0 Å². The maximum atomic E-state index is 5.47. The normalized spacial score (nSPS) is 16.6. The maximum absolute atomic E-state index is 5.47. The molecule has 0 atom stereocenters. The molecule has 2 N–H and O–H groups in total. The van der Waals surface area contributed by atoms with Crippen molar-refractivity contribution in [2.75, 3.05) is 45.9 Å². The first-order valence-electron chi connectivity index (χ1n) is 10.0. The Morgan fingerprint density at radius 3 is 2.46 bits per heavy atom. The Bertz CT molecular complexity index is 606. The summed E-state index contributed by atoms with van der Waals surface area (Å²) in [5.74, 6) is 0.881. The second-order valence-electron chi connectivity index (χ2n) is 8.66. The number of hydrogen-bond acceptors (Lipinski definition) is 5. The molecule has 0 saturated carbocycles. The fourth-order valence-corrected chi connectivity index (χ4v) is 3.97. The van der Waals surface area contributed by atoms with E-state index in [0.717, 1.165) is 58.3 Å². The molecule has 0 unspecified atom stereocenters. The van der Waals surface area contributed by atoms with Gasteiger partial charge in [-0.2, -0.15) is 0 Å². The standard InChI is InChI=1S/C20H37N5OS.HI/c1-7-21-18(23-15-20(5,6)25-10-12-26-13-11-25)22-9-8-17-24-16(14-27-17)19(2,3)4;/h14H,7-13,15H2,1-6H3,(H2,21,22,23);1H. The average Bonchev–Trinajstić information content (AvgIpc) is 3.10. The number of aliphatic imine (C=N–C) groups is 1. The van der Waals surface area contributed by atoms with E-state index >= 15 is 0 Å². The molecule has 0 aliphatic carbocycles. The SMILES string of the molecule is CCNC(=NCC(C)(C)N1CCOCC1)NCCc1nc(C(C)(C)C)cs1.I. The van der Waals surface area contributed by atoms with Crippen LogP contribution in [0.1, 0.15) is 52.2 Å². The summed E-state index contributed by atoms with van der Waals surface area (Å²) in [4.78, 5) is 12.1. The first kappa shape index (κ1) is 25.6. The Hall–Kier alpha value is -0.450. The Kier molecular flexibility index (Phi) is 10.7. The van der Waals surface area contributed by atoms with Crippen LogP contribution >= 0.6 is 35.3 Å². The predicted molar refractivity (Wildman–Crippen MR) is 130 cm³/mol. The van der Waals surface area contributed by atoms with Crippen LogP contribution in [0.25, 0.3) is 0 Å². The van der Waals surface area contributed by atoms with Gasteiger partial charge in [-0.15, -0.1) is 35.3 Å². The molecule has 8 heteroatoms. The number of hydrogen-bond donors (Lipinski definition) is 2. The summed E-state index contributed by atoms with van der Waals surface area (Å²) in [6.07, 6.45) is 0.915. The minimum absolute atomic E-state index is 0. The van der Waals surface area contributed by atoms with Crippen LogP contribution in [-0.2, 0) is 16.6 Å². The van der Waals surface area contributed by atoms with Crippen LogP contribution in [0, 0.1) is 0 Å². The van der Waals surface area contributed by atoms with Crippen LogP contribution in [-0.4, -0.2) is 67.3 Å². The van der Waals surface area contributed by atoms with Gasteiger partial charge in [-0.25, -0.2) is 4.98 Å². The van der Waals surface area contributed by atoms with Crippen molar-refractivity contribution in [3.05, 3.63) is 16.1 Å². The fraction of sp³-hybridized carbons (Fsp3) is 0.800. The number of rotatable bonds is 7. The van der Waals surface area contributed by atoms with Gasteiger partial charge in [0, 0.05) is 48.9 Å². The maximum Gasteiger partial charge on any atom is 0.191 e. The molecule has 1 aromatic heterocycles. The summed E-state index contributed by atoms with van der Waals surface area (Å²) < 4.78 is 5.47. The van der Waals surface area contributed by atoms with Crippen LogP contribution in [0.5, 0.6) is 0 Å². The van der Waals surface area contributed by atoms with Gasteiger partial charge in [0.2, 0.25) is 0 Å². The third-order valence-electron chi connectivity index (χ3n) is 4.79. The van der Waals surface area contributed by atoms with E-state index in [1.807, 2.05) is 0 Å². The lowest BCUT2D eigenvalue weighted by Crippen LogP contribution is -2.52. The topological polar surface area (TPSA) is 61.8 Å². The lowest BCUT2D eigenvalue weighted by atomic mass is 9.93. The quantitative estimate of drug-likeness (QED) is 0.327. The van der Waals surface area contributed by atoms with Crippen LogP contribution in [0.4, 0.5) is 0 Å². The average molecular weight is 524 g/mol. The molecular weight excluding hydrogens is 485 g/mol. The molecule has 162 valence electrons. The Morgan fingerprint density at radius 1 is 1.21 bits per heavy atom. The summed E-state index contributed by atoms with van der Waals surface area (Å²) in [6, 6.07) is 0. The van der Waals surface area contributed by atoms with E-state index in [1.165, 1.54) is 10.7 Å². The van der Waals surface area contributed by atoms with Crippen LogP contribution < -0.4 is 10.6 Å². The van der Waals surface area contributed by atoms with E-state index in [2.05, 4.69) is 62.5 Å². The number of halogens is 1. The zero-order valence-electron chi connectivity index (χ0n) is 18.3. The van der Waals surface area contributed by atoms with E-state index < -0.39 is 0 Å². The number of morpholine rings is 1. The van der Waals surface area contributed by atoms with Crippen molar-refractivity contribution in [3.63, 3.8) is 0 Å². The van der Waals surface area contributed by atoms with Crippen LogP contribution in [0.2, 0.25) is 0 Å². The Morgan fingerprint density at radius 2 is 1.89 bits per heavy atom. The molecule has 0 radical (unpaired) electrons. The Labute approximate surface area is 192 Å².